The number of nitrogen functional groups attached to an aromatic ring is 1. The zero-order chi connectivity index (χ0) is 25.6. The standard InChI is InChI=1S/C25H27FN10O/c26-14-17-1-3-18(4-2-17)20-13-23-32-22(16-35-9-11-37-12-10-35)34-36(23)25(31-20)30-8-7-29-21-6-5-19(15-27)24(28)33-21/h1-6,13H,7-12,14,16H2,(H,30,31)(H3,28,29,33). The first-order chi connectivity index (χ1) is 18.1. The fourth-order valence-electron chi connectivity index (χ4n) is 4.02. The van der Waals surface area contributed by atoms with Gasteiger partial charge in [0.05, 0.1) is 31.0 Å². The second kappa shape index (κ2) is 11.2. The fourth-order valence-corrected chi connectivity index (χ4v) is 4.02. The van der Waals surface area contributed by atoms with Crippen molar-refractivity contribution < 1.29 is 9.13 Å². The van der Waals surface area contributed by atoms with Gasteiger partial charge in [-0.25, -0.2) is 19.3 Å². The predicted molar refractivity (Wildman–Crippen MR) is 137 cm³/mol. The predicted octanol–water partition coefficient (Wildman–Crippen LogP) is 2.47. The lowest BCUT2D eigenvalue weighted by Gasteiger charge is -2.25. The highest BCUT2D eigenvalue weighted by Crippen LogP contribution is 2.22. The van der Waals surface area contributed by atoms with E-state index in [1.54, 1.807) is 28.8 Å². The second-order valence-corrected chi connectivity index (χ2v) is 8.58. The minimum absolute atomic E-state index is 0.186. The normalized spacial score (nSPS) is 13.9. The quantitative estimate of drug-likeness (QED) is 0.292. The first-order valence-corrected chi connectivity index (χ1v) is 12.0. The first-order valence-electron chi connectivity index (χ1n) is 12.0. The van der Waals surface area contributed by atoms with Gasteiger partial charge in [0.1, 0.15) is 24.4 Å². The van der Waals surface area contributed by atoms with Crippen LogP contribution >= 0.6 is 0 Å². The number of nitrogens with zero attached hydrogens (tertiary/aromatic N) is 7. The van der Waals surface area contributed by atoms with Gasteiger partial charge in [0.15, 0.2) is 11.5 Å². The maximum atomic E-state index is 13.0. The number of pyridine rings is 1. The Kier molecular flexibility index (Phi) is 7.34. The number of aromatic nitrogens is 5. The molecule has 0 atom stereocenters. The van der Waals surface area contributed by atoms with Gasteiger partial charge < -0.3 is 21.1 Å². The van der Waals surface area contributed by atoms with E-state index in [1.807, 2.05) is 24.3 Å². The van der Waals surface area contributed by atoms with E-state index in [9.17, 15) is 4.39 Å². The van der Waals surface area contributed by atoms with E-state index in [-0.39, 0.29) is 5.82 Å². The molecule has 0 unspecified atom stereocenters. The molecule has 37 heavy (non-hydrogen) atoms. The average molecular weight is 503 g/mol. The number of ether oxygens (including phenoxy) is 1. The first kappa shape index (κ1) is 24.4. The highest BCUT2D eigenvalue weighted by atomic mass is 19.1. The van der Waals surface area contributed by atoms with Gasteiger partial charge in [-0.2, -0.15) is 9.78 Å². The number of nitrogens with one attached hydrogen (secondary N) is 2. The van der Waals surface area contributed by atoms with Crippen molar-refractivity contribution in [3.05, 3.63) is 59.4 Å². The lowest BCUT2D eigenvalue weighted by atomic mass is 10.1. The summed E-state index contributed by atoms with van der Waals surface area (Å²) in [6.07, 6.45) is 0. The Morgan fingerprint density at radius 3 is 2.54 bits per heavy atom. The zero-order valence-corrected chi connectivity index (χ0v) is 20.2. The number of hydrogen-bond acceptors (Lipinski definition) is 10. The van der Waals surface area contributed by atoms with Gasteiger partial charge in [-0.15, -0.1) is 5.10 Å². The zero-order valence-electron chi connectivity index (χ0n) is 20.2. The largest absolute Gasteiger partial charge is 0.383 e. The minimum atomic E-state index is -0.513. The Hall–Kier alpha value is -4.34. The summed E-state index contributed by atoms with van der Waals surface area (Å²) in [7, 11) is 0. The van der Waals surface area contributed by atoms with Crippen molar-refractivity contribution in [3.63, 3.8) is 0 Å². The number of anilines is 3. The van der Waals surface area contributed by atoms with Crippen LogP contribution in [0.5, 0.6) is 0 Å². The molecule has 0 aliphatic carbocycles. The molecule has 0 radical (unpaired) electrons. The smallest absolute Gasteiger partial charge is 0.226 e. The average Bonchev–Trinajstić information content (AvgIpc) is 3.34. The molecule has 11 nitrogen and oxygen atoms in total. The van der Waals surface area contributed by atoms with Gasteiger partial charge in [0, 0.05) is 37.8 Å². The molecule has 4 aromatic rings. The van der Waals surface area contributed by atoms with Crippen LogP contribution in [0, 0.1) is 11.3 Å². The van der Waals surface area contributed by atoms with Gasteiger partial charge in [-0.3, -0.25) is 4.90 Å². The van der Waals surface area contributed by atoms with E-state index in [0.29, 0.717) is 72.9 Å². The van der Waals surface area contributed by atoms with Gasteiger partial charge >= 0.3 is 0 Å². The summed E-state index contributed by atoms with van der Waals surface area (Å²) in [6.45, 7) is 4.22. The van der Waals surface area contributed by atoms with Gasteiger partial charge in [0.2, 0.25) is 5.95 Å². The van der Waals surface area contributed by atoms with Crippen molar-refractivity contribution in [2.45, 2.75) is 13.2 Å². The maximum Gasteiger partial charge on any atom is 0.226 e. The molecule has 3 aromatic heterocycles. The Morgan fingerprint density at radius 1 is 1.03 bits per heavy atom. The van der Waals surface area contributed by atoms with Gasteiger partial charge in [0.25, 0.3) is 0 Å². The molecular formula is C25H27FN10O. The summed E-state index contributed by atoms with van der Waals surface area (Å²) >= 11 is 0. The molecule has 0 spiro atoms. The van der Waals surface area contributed by atoms with E-state index in [4.69, 9.17) is 30.8 Å². The molecule has 1 fully saturated rings. The summed E-state index contributed by atoms with van der Waals surface area (Å²) in [5, 5.41) is 20.2. The summed E-state index contributed by atoms with van der Waals surface area (Å²) in [6, 6.07) is 14.4. The molecular weight excluding hydrogens is 475 g/mol. The van der Waals surface area contributed by atoms with Crippen molar-refractivity contribution in [2.24, 2.45) is 0 Å². The van der Waals surface area contributed by atoms with Crippen LogP contribution in [0.1, 0.15) is 17.0 Å². The van der Waals surface area contributed by atoms with Gasteiger partial charge in [-0.05, 0) is 17.7 Å². The molecule has 1 aromatic carbocycles. The number of nitriles is 1. The second-order valence-electron chi connectivity index (χ2n) is 8.58. The highest BCUT2D eigenvalue weighted by molar-refractivity contribution is 5.66. The van der Waals surface area contributed by atoms with Crippen molar-refractivity contribution >= 4 is 23.2 Å². The van der Waals surface area contributed by atoms with Crippen LogP contribution in [0.4, 0.5) is 22.0 Å². The molecule has 0 saturated carbocycles. The Morgan fingerprint density at radius 2 is 1.81 bits per heavy atom. The lowest BCUT2D eigenvalue weighted by Crippen LogP contribution is -2.35. The Bertz CT molecular complexity index is 1410. The van der Waals surface area contributed by atoms with Crippen LogP contribution in [0.3, 0.4) is 0 Å². The number of alkyl halides is 1. The van der Waals surface area contributed by atoms with Crippen LogP contribution in [0.15, 0.2) is 42.5 Å². The molecule has 190 valence electrons. The molecule has 1 saturated heterocycles. The number of nitrogens with two attached hydrogens (primary N) is 1. The summed E-state index contributed by atoms with van der Waals surface area (Å²) < 4.78 is 20.1. The molecule has 0 amide bonds. The third-order valence-corrected chi connectivity index (χ3v) is 6.00. The molecule has 12 heteroatoms. The molecule has 4 heterocycles. The van der Waals surface area contributed by atoms with E-state index in [0.717, 1.165) is 18.7 Å². The van der Waals surface area contributed by atoms with E-state index < -0.39 is 6.67 Å². The number of fused-ring (bicyclic) bond motifs is 1. The fraction of sp³-hybridized carbons (Fsp3) is 0.320. The summed E-state index contributed by atoms with van der Waals surface area (Å²) in [4.78, 5) is 16.0. The van der Waals surface area contributed by atoms with Crippen molar-refractivity contribution in [1.82, 2.24) is 29.5 Å². The number of halogens is 1. The Labute approximate surface area is 213 Å². The monoisotopic (exact) mass is 502 g/mol. The van der Waals surface area contributed by atoms with E-state index >= 15 is 0 Å². The van der Waals surface area contributed by atoms with Crippen LogP contribution in [-0.2, 0) is 18.0 Å². The van der Waals surface area contributed by atoms with Crippen molar-refractivity contribution in [2.75, 3.05) is 55.8 Å². The number of rotatable bonds is 9. The SMILES string of the molecule is N#Cc1ccc(NCCNc2nc(-c3ccc(CF)cc3)cc3nc(CN4CCOCC4)nn23)nc1N. The van der Waals surface area contributed by atoms with Crippen LogP contribution in [0.25, 0.3) is 16.9 Å². The van der Waals surface area contributed by atoms with Gasteiger partial charge in [-0.1, -0.05) is 24.3 Å². The van der Waals surface area contributed by atoms with Crippen molar-refractivity contribution in [1.29, 1.82) is 5.26 Å². The molecule has 1 aliphatic rings. The summed E-state index contributed by atoms with van der Waals surface area (Å²) in [5.74, 6) is 2.00. The number of morpholine rings is 1. The molecule has 4 N–H and O–H groups in total. The third-order valence-electron chi connectivity index (χ3n) is 6.00. The molecule has 0 bridgehead atoms. The minimum Gasteiger partial charge on any atom is -0.383 e. The van der Waals surface area contributed by atoms with Crippen LogP contribution in [0.2, 0.25) is 0 Å². The highest BCUT2D eigenvalue weighted by Gasteiger charge is 2.16. The molecule has 1 aliphatic heterocycles. The van der Waals surface area contributed by atoms with E-state index in [2.05, 4.69) is 20.5 Å². The van der Waals surface area contributed by atoms with E-state index in [1.165, 1.54) is 0 Å². The number of hydrogen-bond donors (Lipinski definition) is 3. The molecule has 5 rings (SSSR count). The maximum absolute atomic E-state index is 13.0. The van der Waals surface area contributed by atoms with Crippen LogP contribution in [-0.4, -0.2) is 68.9 Å². The van der Waals surface area contributed by atoms with Crippen molar-refractivity contribution in [3.8, 4) is 17.3 Å². The number of benzene rings is 1. The lowest BCUT2D eigenvalue weighted by molar-refractivity contribution is 0.0331. The summed E-state index contributed by atoms with van der Waals surface area (Å²) in [5.41, 5.74) is 8.98. The Balaban J connectivity index is 1.36. The topological polar surface area (TPSA) is 142 Å². The third kappa shape index (κ3) is 5.74. The van der Waals surface area contributed by atoms with Crippen LogP contribution < -0.4 is 16.4 Å².